The fourth-order valence-corrected chi connectivity index (χ4v) is 5.26. The van der Waals surface area contributed by atoms with Crippen LogP contribution in [0.4, 0.5) is 0 Å². The van der Waals surface area contributed by atoms with E-state index in [-0.39, 0.29) is 11.3 Å². The number of pyridine rings is 1. The SMILES string of the molecule is CN(C)CCNC(=O)C[C@H]1CC2(CCN(Cc3ccccn3)CC2)c2ccccc21. The Morgan fingerprint density at radius 1 is 1.17 bits per heavy atom. The van der Waals surface area contributed by atoms with Gasteiger partial charge in [0, 0.05) is 32.3 Å². The predicted octanol–water partition coefficient (Wildman–Crippen LogP) is 3.17. The molecule has 1 aliphatic heterocycles. The molecule has 1 aromatic carbocycles. The third-order valence-corrected chi connectivity index (χ3v) is 6.85. The maximum Gasteiger partial charge on any atom is 0.220 e. The molecule has 1 atom stereocenters. The lowest BCUT2D eigenvalue weighted by atomic mass is 9.73. The average molecular weight is 407 g/mol. The van der Waals surface area contributed by atoms with E-state index in [1.165, 1.54) is 11.1 Å². The number of hydrogen-bond acceptors (Lipinski definition) is 4. The summed E-state index contributed by atoms with van der Waals surface area (Å²) in [6, 6.07) is 15.0. The van der Waals surface area contributed by atoms with Crippen LogP contribution in [0.25, 0.3) is 0 Å². The Hall–Kier alpha value is -2.24. The lowest BCUT2D eigenvalue weighted by molar-refractivity contribution is -0.121. The van der Waals surface area contributed by atoms with Crippen molar-refractivity contribution in [1.29, 1.82) is 0 Å². The highest BCUT2D eigenvalue weighted by Crippen LogP contribution is 2.52. The van der Waals surface area contributed by atoms with Crippen LogP contribution in [0.3, 0.4) is 0 Å². The van der Waals surface area contributed by atoms with E-state index >= 15 is 0 Å². The zero-order valence-electron chi connectivity index (χ0n) is 18.3. The van der Waals surface area contributed by atoms with Gasteiger partial charge < -0.3 is 10.2 Å². The normalized spacial score (nSPS) is 20.4. The van der Waals surface area contributed by atoms with Gasteiger partial charge in [-0.3, -0.25) is 14.7 Å². The van der Waals surface area contributed by atoms with E-state index in [1.807, 2.05) is 26.4 Å². The Kier molecular flexibility index (Phi) is 6.49. The number of aromatic nitrogens is 1. The first-order chi connectivity index (χ1) is 14.6. The first-order valence-electron chi connectivity index (χ1n) is 11.2. The zero-order chi connectivity index (χ0) is 21.0. The van der Waals surface area contributed by atoms with Crippen LogP contribution < -0.4 is 5.32 Å². The van der Waals surface area contributed by atoms with Gasteiger partial charge in [-0.25, -0.2) is 0 Å². The highest BCUT2D eigenvalue weighted by atomic mass is 16.1. The van der Waals surface area contributed by atoms with Gasteiger partial charge in [-0.15, -0.1) is 0 Å². The summed E-state index contributed by atoms with van der Waals surface area (Å²) in [5.74, 6) is 0.518. The summed E-state index contributed by atoms with van der Waals surface area (Å²) in [5, 5.41) is 3.10. The van der Waals surface area contributed by atoms with Gasteiger partial charge >= 0.3 is 0 Å². The number of likely N-dealkylation sites (N-methyl/N-ethyl adjacent to an activating group) is 1. The second kappa shape index (κ2) is 9.27. The summed E-state index contributed by atoms with van der Waals surface area (Å²) in [6.07, 6.45) is 5.90. The molecule has 30 heavy (non-hydrogen) atoms. The van der Waals surface area contributed by atoms with Crippen molar-refractivity contribution in [3.8, 4) is 0 Å². The molecule has 2 heterocycles. The Morgan fingerprint density at radius 2 is 1.93 bits per heavy atom. The molecule has 1 fully saturated rings. The lowest BCUT2D eigenvalue weighted by Crippen LogP contribution is -2.41. The molecule has 0 radical (unpaired) electrons. The van der Waals surface area contributed by atoms with Gasteiger partial charge in [0.05, 0.1) is 5.69 Å². The molecular weight excluding hydrogens is 372 g/mol. The Labute approximate surface area is 180 Å². The molecule has 0 saturated carbocycles. The van der Waals surface area contributed by atoms with Crippen molar-refractivity contribution < 1.29 is 4.79 Å². The van der Waals surface area contributed by atoms with Crippen molar-refractivity contribution in [1.82, 2.24) is 20.1 Å². The second-order valence-corrected chi connectivity index (χ2v) is 9.22. The smallest absolute Gasteiger partial charge is 0.220 e. The van der Waals surface area contributed by atoms with Crippen molar-refractivity contribution in [2.75, 3.05) is 40.3 Å². The van der Waals surface area contributed by atoms with E-state index in [0.29, 0.717) is 18.9 Å². The van der Waals surface area contributed by atoms with Gasteiger partial charge in [-0.05, 0) is 81.0 Å². The molecule has 1 saturated heterocycles. The molecule has 0 unspecified atom stereocenters. The number of carbonyl (C=O) groups is 1. The summed E-state index contributed by atoms with van der Waals surface area (Å²) in [4.78, 5) is 21.7. The van der Waals surface area contributed by atoms with E-state index in [2.05, 4.69) is 56.5 Å². The standard InChI is InChI=1S/C25H34N4O/c1-28(2)16-13-27-24(30)17-20-18-25(23-9-4-3-8-22(20)23)10-14-29(15-11-25)19-21-7-5-6-12-26-21/h3-9,12,20H,10-11,13-19H2,1-2H3,(H,27,30)/t20-/m0/s1. The number of piperidine rings is 1. The van der Waals surface area contributed by atoms with Crippen LogP contribution in [0.2, 0.25) is 0 Å². The number of fused-ring (bicyclic) bond motifs is 2. The predicted molar refractivity (Wildman–Crippen MR) is 120 cm³/mol. The first-order valence-corrected chi connectivity index (χ1v) is 11.2. The Morgan fingerprint density at radius 3 is 2.67 bits per heavy atom. The van der Waals surface area contributed by atoms with Crippen LogP contribution in [-0.4, -0.2) is 61.0 Å². The van der Waals surface area contributed by atoms with Crippen LogP contribution in [-0.2, 0) is 16.8 Å². The van der Waals surface area contributed by atoms with Gasteiger partial charge in [-0.1, -0.05) is 30.3 Å². The number of benzene rings is 1. The third-order valence-electron chi connectivity index (χ3n) is 6.85. The van der Waals surface area contributed by atoms with Gasteiger partial charge in [-0.2, -0.15) is 0 Å². The molecule has 2 aromatic rings. The fraction of sp³-hybridized carbons (Fsp3) is 0.520. The lowest BCUT2D eigenvalue weighted by Gasteiger charge is -2.40. The van der Waals surface area contributed by atoms with Crippen LogP contribution in [0.1, 0.15) is 48.4 Å². The molecule has 1 aromatic heterocycles. The topological polar surface area (TPSA) is 48.5 Å². The van der Waals surface area contributed by atoms with Gasteiger partial charge in [0.25, 0.3) is 0 Å². The summed E-state index contributed by atoms with van der Waals surface area (Å²) in [6.45, 7) is 4.70. The van der Waals surface area contributed by atoms with Crippen molar-refractivity contribution in [3.05, 3.63) is 65.5 Å². The van der Waals surface area contributed by atoms with Gasteiger partial charge in [0.2, 0.25) is 5.91 Å². The van der Waals surface area contributed by atoms with E-state index in [4.69, 9.17) is 0 Å². The minimum atomic E-state index is 0.182. The third kappa shape index (κ3) is 4.73. The van der Waals surface area contributed by atoms with Gasteiger partial charge in [0.1, 0.15) is 0 Å². The largest absolute Gasteiger partial charge is 0.355 e. The number of nitrogens with zero attached hydrogens (tertiary/aromatic N) is 3. The number of likely N-dealkylation sites (tertiary alicyclic amines) is 1. The number of amides is 1. The number of rotatable bonds is 7. The Balaban J connectivity index is 1.39. The quantitative estimate of drug-likeness (QED) is 0.767. The number of carbonyl (C=O) groups excluding carboxylic acids is 1. The minimum Gasteiger partial charge on any atom is -0.355 e. The summed E-state index contributed by atoms with van der Waals surface area (Å²) < 4.78 is 0. The van der Waals surface area contributed by atoms with Crippen LogP contribution in [0.15, 0.2) is 48.7 Å². The molecule has 1 amide bonds. The molecular formula is C25H34N4O. The molecule has 160 valence electrons. The molecule has 5 nitrogen and oxygen atoms in total. The highest BCUT2D eigenvalue weighted by molar-refractivity contribution is 5.77. The minimum absolute atomic E-state index is 0.182. The molecule has 1 spiro atoms. The maximum atomic E-state index is 12.6. The molecule has 5 heteroatoms. The monoisotopic (exact) mass is 406 g/mol. The van der Waals surface area contributed by atoms with E-state index < -0.39 is 0 Å². The first kappa shape index (κ1) is 21.0. The van der Waals surface area contributed by atoms with Crippen molar-refractivity contribution in [3.63, 3.8) is 0 Å². The molecule has 0 bridgehead atoms. The average Bonchev–Trinajstić information content (AvgIpc) is 3.04. The van der Waals surface area contributed by atoms with Gasteiger partial charge in [0.15, 0.2) is 0 Å². The summed E-state index contributed by atoms with van der Waals surface area (Å²) >= 11 is 0. The fourth-order valence-electron chi connectivity index (χ4n) is 5.26. The molecule has 1 aliphatic carbocycles. The van der Waals surface area contributed by atoms with E-state index in [1.54, 1.807) is 0 Å². The zero-order valence-corrected chi connectivity index (χ0v) is 18.3. The Bertz CT molecular complexity index is 843. The summed E-state index contributed by atoms with van der Waals surface area (Å²) in [7, 11) is 4.06. The van der Waals surface area contributed by atoms with E-state index in [0.717, 1.165) is 51.1 Å². The summed E-state index contributed by atoms with van der Waals surface area (Å²) in [5.41, 5.74) is 4.27. The van der Waals surface area contributed by atoms with Crippen LogP contribution in [0.5, 0.6) is 0 Å². The molecule has 4 rings (SSSR count). The van der Waals surface area contributed by atoms with Crippen molar-refractivity contribution in [2.24, 2.45) is 0 Å². The second-order valence-electron chi connectivity index (χ2n) is 9.22. The highest BCUT2D eigenvalue weighted by Gasteiger charge is 2.45. The van der Waals surface area contributed by atoms with E-state index in [9.17, 15) is 4.79 Å². The molecule has 2 aliphatic rings. The maximum absolute atomic E-state index is 12.6. The van der Waals surface area contributed by atoms with Crippen LogP contribution >= 0.6 is 0 Å². The number of nitrogens with one attached hydrogen (secondary N) is 1. The number of hydrogen-bond donors (Lipinski definition) is 1. The van der Waals surface area contributed by atoms with Crippen molar-refractivity contribution >= 4 is 5.91 Å². The van der Waals surface area contributed by atoms with Crippen LogP contribution in [0, 0.1) is 0 Å². The molecule has 1 N–H and O–H groups in total. The van der Waals surface area contributed by atoms with Crippen molar-refractivity contribution in [2.45, 2.75) is 43.6 Å².